The standard InChI is InChI=1S/C13H18ClNO3/c1-13(2,3)15-12(17)18-8-11(16)9-5-4-6-10(14)7-9/h4-7,11,16H,8H2,1-3H3,(H,15,17)/t11-/m0/s1. The number of nitrogens with one attached hydrogen (secondary N) is 1. The normalized spacial score (nSPS) is 12.9. The zero-order chi connectivity index (χ0) is 13.8. The van der Waals surface area contributed by atoms with Crippen LogP contribution in [0.1, 0.15) is 32.4 Å². The highest BCUT2D eigenvalue weighted by atomic mass is 35.5. The number of aliphatic hydroxyl groups is 1. The van der Waals surface area contributed by atoms with E-state index >= 15 is 0 Å². The summed E-state index contributed by atoms with van der Waals surface area (Å²) in [4.78, 5) is 11.4. The molecule has 0 aromatic heterocycles. The van der Waals surface area contributed by atoms with Gasteiger partial charge in [-0.25, -0.2) is 4.79 Å². The van der Waals surface area contributed by atoms with Gasteiger partial charge in [-0.2, -0.15) is 0 Å². The number of carbonyl (C=O) groups is 1. The first kappa shape index (κ1) is 14.8. The molecule has 0 heterocycles. The molecule has 0 aliphatic carbocycles. The molecule has 1 atom stereocenters. The molecule has 0 unspecified atom stereocenters. The van der Waals surface area contributed by atoms with E-state index in [1.807, 2.05) is 20.8 Å². The molecule has 0 aliphatic heterocycles. The number of halogens is 1. The maximum atomic E-state index is 11.4. The number of aliphatic hydroxyl groups excluding tert-OH is 1. The summed E-state index contributed by atoms with van der Waals surface area (Å²) >= 11 is 5.81. The van der Waals surface area contributed by atoms with Crippen molar-refractivity contribution in [3.8, 4) is 0 Å². The molecule has 0 spiro atoms. The average molecular weight is 272 g/mol. The van der Waals surface area contributed by atoms with Gasteiger partial charge in [-0.05, 0) is 38.5 Å². The fourth-order valence-electron chi connectivity index (χ4n) is 1.31. The SMILES string of the molecule is CC(C)(C)NC(=O)OC[C@H](O)c1cccc(Cl)c1. The highest BCUT2D eigenvalue weighted by Gasteiger charge is 2.16. The lowest BCUT2D eigenvalue weighted by molar-refractivity contribution is 0.0647. The summed E-state index contributed by atoms with van der Waals surface area (Å²) in [7, 11) is 0. The van der Waals surface area contributed by atoms with E-state index in [1.54, 1.807) is 24.3 Å². The number of carbonyl (C=O) groups excluding carboxylic acids is 1. The Labute approximate surface area is 112 Å². The van der Waals surface area contributed by atoms with E-state index in [-0.39, 0.29) is 12.1 Å². The maximum absolute atomic E-state index is 11.4. The number of benzene rings is 1. The Balaban J connectivity index is 2.46. The van der Waals surface area contributed by atoms with Gasteiger partial charge in [-0.15, -0.1) is 0 Å². The smallest absolute Gasteiger partial charge is 0.407 e. The van der Waals surface area contributed by atoms with Crippen LogP contribution in [0.15, 0.2) is 24.3 Å². The summed E-state index contributed by atoms with van der Waals surface area (Å²) in [6, 6.07) is 6.81. The first-order valence-electron chi connectivity index (χ1n) is 5.66. The molecule has 0 bridgehead atoms. The van der Waals surface area contributed by atoms with Crippen LogP contribution in [0.4, 0.5) is 4.79 Å². The summed E-state index contributed by atoms with van der Waals surface area (Å²) in [5.74, 6) is 0. The minimum absolute atomic E-state index is 0.109. The van der Waals surface area contributed by atoms with Gasteiger partial charge in [0, 0.05) is 10.6 Å². The highest BCUT2D eigenvalue weighted by Crippen LogP contribution is 2.17. The molecule has 1 rings (SSSR count). The molecule has 5 heteroatoms. The Morgan fingerprint density at radius 3 is 2.72 bits per heavy atom. The van der Waals surface area contributed by atoms with Gasteiger partial charge in [0.2, 0.25) is 0 Å². The highest BCUT2D eigenvalue weighted by molar-refractivity contribution is 6.30. The van der Waals surface area contributed by atoms with Crippen LogP contribution in [-0.2, 0) is 4.74 Å². The fraction of sp³-hybridized carbons (Fsp3) is 0.462. The minimum atomic E-state index is -0.880. The molecule has 1 aromatic rings. The van der Waals surface area contributed by atoms with Crippen molar-refractivity contribution in [3.63, 3.8) is 0 Å². The van der Waals surface area contributed by atoms with Crippen LogP contribution >= 0.6 is 11.6 Å². The van der Waals surface area contributed by atoms with Crippen LogP contribution in [0.3, 0.4) is 0 Å². The number of hydrogen-bond acceptors (Lipinski definition) is 3. The second-order valence-electron chi connectivity index (χ2n) is 5.04. The Kier molecular flexibility index (Phi) is 4.99. The van der Waals surface area contributed by atoms with Crippen LogP contribution in [0, 0.1) is 0 Å². The van der Waals surface area contributed by atoms with Crippen molar-refractivity contribution in [2.24, 2.45) is 0 Å². The minimum Gasteiger partial charge on any atom is -0.446 e. The zero-order valence-corrected chi connectivity index (χ0v) is 11.5. The van der Waals surface area contributed by atoms with Crippen molar-refractivity contribution in [1.29, 1.82) is 0 Å². The van der Waals surface area contributed by atoms with Gasteiger partial charge >= 0.3 is 6.09 Å². The summed E-state index contributed by atoms with van der Waals surface area (Å²) < 4.78 is 4.93. The molecule has 4 nitrogen and oxygen atoms in total. The average Bonchev–Trinajstić information content (AvgIpc) is 2.23. The van der Waals surface area contributed by atoms with Crippen LogP contribution in [0.2, 0.25) is 5.02 Å². The lowest BCUT2D eigenvalue weighted by atomic mass is 10.1. The molecule has 0 aliphatic rings. The monoisotopic (exact) mass is 271 g/mol. The van der Waals surface area contributed by atoms with Crippen molar-refractivity contribution in [2.45, 2.75) is 32.4 Å². The van der Waals surface area contributed by atoms with Crippen molar-refractivity contribution >= 4 is 17.7 Å². The Morgan fingerprint density at radius 1 is 1.50 bits per heavy atom. The second-order valence-corrected chi connectivity index (χ2v) is 5.48. The first-order chi connectivity index (χ1) is 8.28. The van der Waals surface area contributed by atoms with E-state index in [9.17, 15) is 9.90 Å². The molecular weight excluding hydrogens is 254 g/mol. The lowest BCUT2D eigenvalue weighted by Crippen LogP contribution is -2.41. The third-order valence-corrected chi connectivity index (χ3v) is 2.32. The van der Waals surface area contributed by atoms with Gasteiger partial charge < -0.3 is 15.2 Å². The molecule has 2 N–H and O–H groups in total. The van der Waals surface area contributed by atoms with Gasteiger partial charge in [0.05, 0.1) is 0 Å². The van der Waals surface area contributed by atoms with Crippen LogP contribution < -0.4 is 5.32 Å². The largest absolute Gasteiger partial charge is 0.446 e. The van der Waals surface area contributed by atoms with Gasteiger partial charge in [-0.1, -0.05) is 23.7 Å². The van der Waals surface area contributed by atoms with E-state index in [0.29, 0.717) is 10.6 Å². The Morgan fingerprint density at radius 2 is 2.17 bits per heavy atom. The van der Waals surface area contributed by atoms with Crippen LogP contribution in [0.5, 0.6) is 0 Å². The predicted molar refractivity (Wildman–Crippen MR) is 70.6 cm³/mol. The van der Waals surface area contributed by atoms with E-state index < -0.39 is 12.2 Å². The summed E-state index contributed by atoms with van der Waals surface area (Å²) in [5, 5.41) is 13.0. The molecule has 0 fully saturated rings. The molecule has 1 aromatic carbocycles. The number of hydrogen-bond donors (Lipinski definition) is 2. The van der Waals surface area contributed by atoms with E-state index in [1.165, 1.54) is 0 Å². The fourth-order valence-corrected chi connectivity index (χ4v) is 1.51. The molecule has 1 amide bonds. The maximum Gasteiger partial charge on any atom is 0.407 e. The summed E-state index contributed by atoms with van der Waals surface area (Å²) in [6.45, 7) is 5.44. The van der Waals surface area contributed by atoms with Crippen molar-refractivity contribution < 1.29 is 14.6 Å². The topological polar surface area (TPSA) is 58.6 Å². The zero-order valence-electron chi connectivity index (χ0n) is 10.7. The summed E-state index contributed by atoms with van der Waals surface area (Å²) in [6.07, 6.45) is -1.43. The molecule has 0 saturated heterocycles. The molecule has 18 heavy (non-hydrogen) atoms. The number of amides is 1. The Bertz CT molecular complexity index is 415. The van der Waals surface area contributed by atoms with Gasteiger partial charge in [0.15, 0.2) is 0 Å². The predicted octanol–water partition coefficient (Wildman–Crippen LogP) is 2.90. The van der Waals surface area contributed by atoms with Crippen LogP contribution in [0.25, 0.3) is 0 Å². The first-order valence-corrected chi connectivity index (χ1v) is 6.04. The Hall–Kier alpha value is -1.26. The molecule has 0 saturated carbocycles. The van der Waals surface area contributed by atoms with Crippen molar-refractivity contribution in [2.75, 3.05) is 6.61 Å². The van der Waals surface area contributed by atoms with Crippen molar-refractivity contribution in [1.82, 2.24) is 5.32 Å². The number of rotatable bonds is 3. The molecule has 0 radical (unpaired) electrons. The van der Waals surface area contributed by atoms with E-state index in [2.05, 4.69) is 5.32 Å². The lowest BCUT2D eigenvalue weighted by Gasteiger charge is -2.20. The third kappa shape index (κ3) is 5.38. The van der Waals surface area contributed by atoms with Gasteiger partial charge in [-0.3, -0.25) is 0 Å². The van der Waals surface area contributed by atoms with Gasteiger partial charge in [0.25, 0.3) is 0 Å². The quantitative estimate of drug-likeness (QED) is 0.889. The summed E-state index contributed by atoms with van der Waals surface area (Å²) in [5.41, 5.74) is 0.254. The molecule has 100 valence electrons. The second kappa shape index (κ2) is 6.07. The number of alkyl carbamates (subject to hydrolysis) is 1. The van der Waals surface area contributed by atoms with Crippen LogP contribution in [-0.4, -0.2) is 23.3 Å². The third-order valence-electron chi connectivity index (χ3n) is 2.08. The van der Waals surface area contributed by atoms with E-state index in [0.717, 1.165) is 0 Å². The van der Waals surface area contributed by atoms with E-state index in [4.69, 9.17) is 16.3 Å². The molecular formula is C13H18ClNO3. The van der Waals surface area contributed by atoms with Crippen molar-refractivity contribution in [3.05, 3.63) is 34.9 Å². The number of ether oxygens (including phenoxy) is 1. The van der Waals surface area contributed by atoms with Gasteiger partial charge in [0.1, 0.15) is 12.7 Å².